The molecule has 0 unspecified atom stereocenters. The van der Waals surface area contributed by atoms with Gasteiger partial charge in [0.05, 0.1) is 4.90 Å². The van der Waals surface area contributed by atoms with Crippen LogP contribution in [-0.4, -0.2) is 13.0 Å². The van der Waals surface area contributed by atoms with Crippen LogP contribution < -0.4 is 51.4 Å². The first kappa shape index (κ1) is 35.3. The van der Waals surface area contributed by atoms with E-state index in [-0.39, 0.29) is 56.3 Å². The molecule has 0 spiro atoms. The second kappa shape index (κ2) is 21.1. The fourth-order valence-electron chi connectivity index (χ4n) is 5.37. The SMILES string of the molecule is CCCCCCCCCCCc1cccc2cc(S(=O)(=O)[O-])cc(CCCCCCCCCCC)c12.[K+]. The van der Waals surface area contributed by atoms with Crippen molar-refractivity contribution in [2.24, 2.45) is 0 Å². The van der Waals surface area contributed by atoms with Crippen LogP contribution in [0.1, 0.15) is 141 Å². The van der Waals surface area contributed by atoms with Crippen molar-refractivity contribution in [3.05, 3.63) is 41.5 Å². The molecule has 0 atom stereocenters. The minimum Gasteiger partial charge on any atom is -0.744 e. The Kier molecular flexibility index (Phi) is 20.1. The van der Waals surface area contributed by atoms with Crippen molar-refractivity contribution < 1.29 is 64.4 Å². The summed E-state index contributed by atoms with van der Waals surface area (Å²) in [5.41, 5.74) is 2.34. The first-order chi connectivity index (χ1) is 17.5. The van der Waals surface area contributed by atoms with E-state index in [9.17, 15) is 13.0 Å². The Labute approximate surface area is 271 Å². The van der Waals surface area contributed by atoms with Crippen molar-refractivity contribution in [1.82, 2.24) is 0 Å². The predicted molar refractivity (Wildman–Crippen MR) is 154 cm³/mol. The molecule has 0 saturated heterocycles. The average molecular weight is 555 g/mol. The van der Waals surface area contributed by atoms with Crippen molar-refractivity contribution in [2.75, 3.05) is 0 Å². The second-order valence-corrected chi connectivity index (χ2v) is 12.1. The van der Waals surface area contributed by atoms with Crippen molar-refractivity contribution >= 4 is 20.9 Å². The van der Waals surface area contributed by atoms with Crippen molar-refractivity contribution in [3.63, 3.8) is 0 Å². The zero-order chi connectivity index (χ0) is 26.1. The van der Waals surface area contributed by atoms with Crippen LogP contribution in [-0.2, 0) is 23.0 Å². The number of hydrogen-bond donors (Lipinski definition) is 0. The van der Waals surface area contributed by atoms with Crippen LogP contribution in [0.25, 0.3) is 10.8 Å². The van der Waals surface area contributed by atoms with Gasteiger partial charge in [-0.15, -0.1) is 0 Å². The Morgan fingerprint density at radius 3 is 1.49 bits per heavy atom. The maximum atomic E-state index is 11.8. The predicted octanol–water partition coefficient (Wildman–Crippen LogP) is 6.89. The number of unbranched alkanes of at least 4 members (excludes halogenated alkanes) is 16. The summed E-state index contributed by atoms with van der Waals surface area (Å²) < 4.78 is 35.5. The van der Waals surface area contributed by atoms with E-state index in [1.165, 1.54) is 107 Å². The zero-order valence-electron chi connectivity index (χ0n) is 24.2. The Morgan fingerprint density at radius 2 is 1.03 bits per heavy atom. The molecule has 2 aromatic rings. The van der Waals surface area contributed by atoms with Gasteiger partial charge in [0, 0.05) is 0 Å². The third-order valence-corrected chi connectivity index (χ3v) is 8.32. The molecule has 0 aliphatic carbocycles. The molecule has 2 rings (SSSR count). The molecule has 204 valence electrons. The van der Waals surface area contributed by atoms with Crippen LogP contribution in [0.15, 0.2) is 35.2 Å². The van der Waals surface area contributed by atoms with Gasteiger partial charge in [0.15, 0.2) is 0 Å². The first-order valence-corrected chi connectivity index (χ1v) is 16.4. The largest absolute Gasteiger partial charge is 1.00 e. The topological polar surface area (TPSA) is 57.2 Å². The molecule has 0 aliphatic rings. The van der Waals surface area contributed by atoms with E-state index in [0.29, 0.717) is 0 Å². The average Bonchev–Trinajstić information content (AvgIpc) is 2.86. The molecule has 5 heteroatoms. The van der Waals surface area contributed by atoms with Crippen molar-refractivity contribution in [2.45, 2.75) is 147 Å². The maximum Gasteiger partial charge on any atom is 1.00 e. The van der Waals surface area contributed by atoms with Gasteiger partial charge in [0.2, 0.25) is 0 Å². The van der Waals surface area contributed by atoms with E-state index >= 15 is 0 Å². The van der Waals surface area contributed by atoms with Crippen LogP contribution in [0.4, 0.5) is 0 Å². The minimum absolute atomic E-state index is 0. The Balaban J connectivity index is 0.00000684. The van der Waals surface area contributed by atoms with E-state index < -0.39 is 10.1 Å². The Hall–Kier alpha value is 0.246. The van der Waals surface area contributed by atoms with Gasteiger partial charge in [-0.25, -0.2) is 8.42 Å². The quantitative estimate of drug-likeness (QED) is 0.0958. The van der Waals surface area contributed by atoms with E-state index in [2.05, 4.69) is 19.9 Å². The normalized spacial score (nSPS) is 11.6. The molecular formula is C32H51KO3S. The molecule has 0 heterocycles. The van der Waals surface area contributed by atoms with Gasteiger partial charge in [-0.3, -0.25) is 0 Å². The molecule has 37 heavy (non-hydrogen) atoms. The van der Waals surface area contributed by atoms with Gasteiger partial charge < -0.3 is 4.55 Å². The van der Waals surface area contributed by atoms with Crippen molar-refractivity contribution in [3.8, 4) is 0 Å². The summed E-state index contributed by atoms with van der Waals surface area (Å²) in [7, 11) is -4.47. The summed E-state index contributed by atoms with van der Waals surface area (Å²) >= 11 is 0. The number of aryl methyl sites for hydroxylation is 2. The number of rotatable bonds is 21. The van der Waals surface area contributed by atoms with E-state index in [1.54, 1.807) is 12.1 Å². The molecule has 3 nitrogen and oxygen atoms in total. The summed E-state index contributed by atoms with van der Waals surface area (Å²) in [5, 5.41) is 2.08. The number of hydrogen-bond acceptors (Lipinski definition) is 3. The summed E-state index contributed by atoms with van der Waals surface area (Å²) in [6.07, 6.45) is 25.0. The molecule has 0 fully saturated rings. The first-order valence-electron chi connectivity index (χ1n) is 15.0. The van der Waals surface area contributed by atoms with E-state index in [1.807, 2.05) is 12.1 Å². The molecule has 0 amide bonds. The third kappa shape index (κ3) is 14.4. The van der Waals surface area contributed by atoms with E-state index in [4.69, 9.17) is 0 Å². The molecule has 0 saturated carbocycles. The monoisotopic (exact) mass is 554 g/mol. The molecular weight excluding hydrogens is 504 g/mol. The molecule has 0 aromatic heterocycles. The van der Waals surface area contributed by atoms with Crippen LogP contribution in [0.2, 0.25) is 0 Å². The third-order valence-electron chi connectivity index (χ3n) is 7.51. The molecule has 0 aliphatic heterocycles. The smallest absolute Gasteiger partial charge is 0.744 e. The minimum atomic E-state index is -4.47. The molecule has 0 bridgehead atoms. The summed E-state index contributed by atoms with van der Waals surface area (Å²) in [4.78, 5) is -0.0823. The van der Waals surface area contributed by atoms with Crippen LogP contribution in [0.3, 0.4) is 0 Å². The zero-order valence-corrected chi connectivity index (χ0v) is 28.1. The van der Waals surface area contributed by atoms with Gasteiger partial charge >= 0.3 is 51.4 Å². The Morgan fingerprint density at radius 1 is 0.595 bits per heavy atom. The van der Waals surface area contributed by atoms with Crippen LogP contribution >= 0.6 is 0 Å². The number of benzene rings is 2. The summed E-state index contributed by atoms with van der Waals surface area (Å²) in [6.45, 7) is 4.51. The second-order valence-electron chi connectivity index (χ2n) is 10.7. The van der Waals surface area contributed by atoms with Gasteiger partial charge in [0.25, 0.3) is 0 Å². The van der Waals surface area contributed by atoms with Gasteiger partial charge in [-0.2, -0.15) is 0 Å². The van der Waals surface area contributed by atoms with Gasteiger partial charge in [-0.05, 0) is 59.7 Å². The van der Waals surface area contributed by atoms with Crippen LogP contribution in [0.5, 0.6) is 0 Å². The Bertz CT molecular complexity index is 971. The van der Waals surface area contributed by atoms with Crippen LogP contribution in [0, 0.1) is 0 Å². The number of fused-ring (bicyclic) bond motifs is 1. The van der Waals surface area contributed by atoms with Crippen molar-refractivity contribution in [1.29, 1.82) is 0 Å². The van der Waals surface area contributed by atoms with E-state index in [0.717, 1.165) is 43.1 Å². The fraction of sp³-hybridized carbons (Fsp3) is 0.688. The summed E-state index contributed by atoms with van der Waals surface area (Å²) in [6, 6.07) is 9.41. The fourth-order valence-corrected chi connectivity index (χ4v) is 5.93. The molecule has 0 radical (unpaired) electrons. The standard InChI is InChI=1S/C32H52O3S.K/c1-3-5-7-9-11-13-15-17-19-22-28-24-21-25-30-27-31(36(33,34)35)26-29(32(28)30)23-20-18-16-14-12-10-8-6-4-2;/h21,24-27H,3-20,22-23H2,1-2H3,(H,33,34,35);/q;+1/p-1. The maximum absolute atomic E-state index is 11.8. The van der Waals surface area contributed by atoms with Gasteiger partial charge in [0.1, 0.15) is 10.1 Å². The summed E-state index contributed by atoms with van der Waals surface area (Å²) in [5.74, 6) is 0. The molecule has 0 N–H and O–H groups in total. The van der Waals surface area contributed by atoms with Gasteiger partial charge in [-0.1, -0.05) is 135 Å². The molecule has 2 aromatic carbocycles.